The second kappa shape index (κ2) is 7.97. The summed E-state index contributed by atoms with van der Waals surface area (Å²) in [6.45, 7) is 0. The van der Waals surface area contributed by atoms with Gasteiger partial charge in [0.2, 0.25) is 10.7 Å². The smallest absolute Gasteiger partial charge is 0.291 e. The molecule has 2 aromatic heterocycles. The van der Waals surface area contributed by atoms with Gasteiger partial charge < -0.3 is 14.2 Å². The Bertz CT molecular complexity index is 1540. The summed E-state index contributed by atoms with van der Waals surface area (Å²) in [7, 11) is 4.64. The molecule has 8 heteroatoms. The van der Waals surface area contributed by atoms with Crippen molar-refractivity contribution in [3.63, 3.8) is 0 Å². The van der Waals surface area contributed by atoms with Crippen LogP contribution < -0.4 is 24.3 Å². The summed E-state index contributed by atoms with van der Waals surface area (Å²) in [6, 6.07) is 17.6. The number of rotatable bonds is 5. The van der Waals surface area contributed by atoms with Crippen LogP contribution in [-0.2, 0) is 0 Å². The number of thiazole rings is 1. The van der Waals surface area contributed by atoms with Gasteiger partial charge in [-0.15, -0.1) is 5.10 Å². The number of nitrogens with zero attached hydrogens (tertiary/aromatic N) is 3. The Morgan fingerprint density at radius 2 is 1.66 bits per heavy atom. The van der Waals surface area contributed by atoms with E-state index >= 15 is 0 Å². The minimum atomic E-state index is -0.205. The Morgan fingerprint density at radius 3 is 2.34 bits per heavy atom. The molecular weight excluding hydrogens is 426 g/mol. The molecule has 0 aliphatic heterocycles. The monoisotopic (exact) mass is 445 g/mol. The normalized spacial score (nSPS) is 11.9. The highest BCUT2D eigenvalue weighted by Gasteiger charge is 2.18. The van der Waals surface area contributed by atoms with Gasteiger partial charge in [-0.25, -0.2) is 0 Å². The lowest BCUT2D eigenvalue weighted by Gasteiger charge is -2.12. The summed E-state index contributed by atoms with van der Waals surface area (Å²) < 4.78 is 18.1. The Kier molecular flexibility index (Phi) is 4.99. The molecule has 7 nitrogen and oxygen atoms in total. The van der Waals surface area contributed by atoms with Crippen LogP contribution >= 0.6 is 11.3 Å². The van der Waals surface area contributed by atoms with Gasteiger partial charge in [0.1, 0.15) is 0 Å². The quantitative estimate of drug-likeness (QED) is 0.412. The first-order valence-electron chi connectivity index (χ1n) is 9.82. The van der Waals surface area contributed by atoms with Crippen molar-refractivity contribution in [2.24, 2.45) is 0 Å². The van der Waals surface area contributed by atoms with Crippen LogP contribution in [0, 0.1) is 0 Å². The lowest BCUT2D eigenvalue weighted by Crippen LogP contribution is -2.23. The summed E-state index contributed by atoms with van der Waals surface area (Å²) >= 11 is 1.30. The topological polar surface area (TPSA) is 75.0 Å². The fourth-order valence-electron chi connectivity index (χ4n) is 3.68. The van der Waals surface area contributed by atoms with E-state index in [1.165, 1.54) is 15.9 Å². The van der Waals surface area contributed by atoms with Crippen LogP contribution in [0.5, 0.6) is 17.2 Å². The maximum Gasteiger partial charge on any atom is 0.291 e. The summed E-state index contributed by atoms with van der Waals surface area (Å²) in [5, 5.41) is 6.66. The maximum absolute atomic E-state index is 13.0. The summed E-state index contributed by atoms with van der Waals surface area (Å²) in [5.74, 6) is 1.88. The van der Waals surface area contributed by atoms with Crippen molar-refractivity contribution in [3.8, 4) is 28.6 Å². The van der Waals surface area contributed by atoms with Crippen LogP contribution in [0.1, 0.15) is 5.56 Å². The molecule has 0 saturated carbocycles. The van der Waals surface area contributed by atoms with Crippen molar-refractivity contribution in [3.05, 3.63) is 75.0 Å². The first-order chi connectivity index (χ1) is 15.6. The van der Waals surface area contributed by atoms with E-state index in [1.54, 1.807) is 33.5 Å². The van der Waals surface area contributed by atoms with E-state index in [0.717, 1.165) is 16.3 Å². The highest BCUT2D eigenvalue weighted by molar-refractivity contribution is 7.15. The zero-order chi connectivity index (χ0) is 22.2. The molecule has 0 bridgehead atoms. The Hall–Kier alpha value is -3.91. The average molecular weight is 446 g/mol. The van der Waals surface area contributed by atoms with Gasteiger partial charge in [0, 0.05) is 5.56 Å². The molecule has 2 heterocycles. The molecule has 0 amide bonds. The van der Waals surface area contributed by atoms with Crippen molar-refractivity contribution in [1.29, 1.82) is 0 Å². The first kappa shape index (κ1) is 20.0. The van der Waals surface area contributed by atoms with E-state index in [4.69, 9.17) is 14.2 Å². The number of ether oxygens (including phenoxy) is 3. The van der Waals surface area contributed by atoms with Crippen molar-refractivity contribution in [2.75, 3.05) is 21.3 Å². The largest absolute Gasteiger partial charge is 0.493 e. The number of hydrogen-bond donors (Lipinski definition) is 0. The standard InChI is InChI=1S/C24H19N3O4S/c1-29-18-11-16(12-19(30-2)21(18)31-3)22-25-24-27(26-22)23(28)20(32-24)13-15-9-6-8-14-7-4-5-10-17(14)15/h4-13H,1-3H3. The molecule has 0 spiro atoms. The van der Waals surface area contributed by atoms with Crippen molar-refractivity contribution in [2.45, 2.75) is 0 Å². The van der Waals surface area contributed by atoms with Crippen molar-refractivity contribution >= 4 is 33.1 Å². The summed E-state index contributed by atoms with van der Waals surface area (Å²) in [5.41, 5.74) is 1.44. The number of methoxy groups -OCH3 is 3. The van der Waals surface area contributed by atoms with Gasteiger partial charge in [-0.05, 0) is 34.5 Å². The van der Waals surface area contributed by atoms with Gasteiger partial charge in [-0.2, -0.15) is 9.50 Å². The predicted molar refractivity (Wildman–Crippen MR) is 125 cm³/mol. The van der Waals surface area contributed by atoms with Crippen LogP contribution in [0.4, 0.5) is 0 Å². The van der Waals surface area contributed by atoms with E-state index in [9.17, 15) is 4.79 Å². The molecule has 160 valence electrons. The number of fused-ring (bicyclic) bond motifs is 2. The molecule has 0 saturated heterocycles. The summed E-state index contributed by atoms with van der Waals surface area (Å²) in [6.07, 6.45) is 1.89. The fourth-order valence-corrected chi connectivity index (χ4v) is 4.58. The molecule has 5 rings (SSSR count). The van der Waals surface area contributed by atoms with Crippen LogP contribution in [0.15, 0.2) is 59.4 Å². The second-order valence-corrected chi connectivity index (χ2v) is 8.04. The minimum absolute atomic E-state index is 0.205. The maximum atomic E-state index is 13.0. The number of benzene rings is 3. The zero-order valence-corrected chi connectivity index (χ0v) is 18.5. The Morgan fingerprint density at radius 1 is 0.938 bits per heavy atom. The molecule has 32 heavy (non-hydrogen) atoms. The Balaban J connectivity index is 1.62. The fraction of sp³-hybridized carbons (Fsp3) is 0.125. The molecule has 0 N–H and O–H groups in total. The third kappa shape index (κ3) is 3.25. The first-order valence-corrected chi connectivity index (χ1v) is 10.6. The van der Waals surface area contributed by atoms with Crippen LogP contribution in [0.2, 0.25) is 0 Å². The van der Waals surface area contributed by atoms with E-state index in [2.05, 4.69) is 22.2 Å². The van der Waals surface area contributed by atoms with E-state index in [-0.39, 0.29) is 5.56 Å². The third-order valence-corrected chi connectivity index (χ3v) is 6.17. The van der Waals surface area contributed by atoms with Crippen molar-refractivity contribution in [1.82, 2.24) is 14.6 Å². The number of aromatic nitrogens is 3. The van der Waals surface area contributed by atoms with E-state index in [0.29, 0.717) is 38.1 Å². The van der Waals surface area contributed by atoms with Crippen LogP contribution in [0.3, 0.4) is 0 Å². The molecule has 3 aromatic carbocycles. The van der Waals surface area contributed by atoms with Gasteiger partial charge in [0.05, 0.1) is 25.9 Å². The van der Waals surface area contributed by atoms with Gasteiger partial charge in [-0.1, -0.05) is 53.8 Å². The SMILES string of the molecule is COc1cc(-c2nc3sc(=Cc4cccc5ccccc45)c(=O)n3n2)cc(OC)c1OC. The zero-order valence-electron chi connectivity index (χ0n) is 17.7. The lowest BCUT2D eigenvalue weighted by molar-refractivity contribution is 0.324. The van der Waals surface area contributed by atoms with E-state index in [1.807, 2.05) is 36.4 Å². The van der Waals surface area contributed by atoms with Gasteiger partial charge in [0.25, 0.3) is 5.56 Å². The molecule has 0 radical (unpaired) electrons. The minimum Gasteiger partial charge on any atom is -0.493 e. The van der Waals surface area contributed by atoms with Gasteiger partial charge >= 0.3 is 0 Å². The molecule has 5 aromatic rings. The molecular formula is C24H19N3O4S. The predicted octanol–water partition coefficient (Wildman–Crippen LogP) is 3.54. The average Bonchev–Trinajstić information content (AvgIpc) is 3.37. The second-order valence-electron chi connectivity index (χ2n) is 7.03. The third-order valence-electron chi connectivity index (χ3n) is 5.21. The lowest BCUT2D eigenvalue weighted by atomic mass is 10.0. The molecule has 0 atom stereocenters. The molecule has 0 unspecified atom stereocenters. The molecule has 0 fully saturated rings. The Labute approximate surface area is 187 Å². The van der Waals surface area contributed by atoms with Crippen LogP contribution in [-0.4, -0.2) is 35.9 Å². The van der Waals surface area contributed by atoms with Gasteiger partial charge in [0.15, 0.2) is 17.3 Å². The van der Waals surface area contributed by atoms with Gasteiger partial charge in [-0.3, -0.25) is 4.79 Å². The summed E-state index contributed by atoms with van der Waals surface area (Å²) in [4.78, 5) is 18.1. The van der Waals surface area contributed by atoms with Crippen molar-refractivity contribution < 1.29 is 14.2 Å². The molecule has 0 aliphatic carbocycles. The van der Waals surface area contributed by atoms with Crippen LogP contribution in [0.25, 0.3) is 33.2 Å². The highest BCUT2D eigenvalue weighted by Crippen LogP contribution is 2.40. The number of hydrogen-bond acceptors (Lipinski definition) is 7. The van der Waals surface area contributed by atoms with E-state index < -0.39 is 0 Å². The molecule has 0 aliphatic rings. The highest BCUT2D eigenvalue weighted by atomic mass is 32.1.